The van der Waals surface area contributed by atoms with Gasteiger partial charge in [0, 0.05) is 6.54 Å². The number of hydrazine groups is 1. The van der Waals surface area contributed by atoms with Crippen LogP contribution in [-0.4, -0.2) is 21.4 Å². The van der Waals surface area contributed by atoms with Crippen LogP contribution in [-0.2, 0) is 0 Å². The summed E-state index contributed by atoms with van der Waals surface area (Å²) in [5.41, 5.74) is 1.99. The minimum atomic E-state index is -0.543. The molecule has 0 amide bonds. The van der Waals surface area contributed by atoms with Crippen LogP contribution < -0.4 is 16.6 Å². The number of nitrogens with zero attached hydrogens (tertiary/aromatic N) is 3. The molecule has 18 heavy (non-hydrogen) atoms. The zero-order valence-electron chi connectivity index (χ0n) is 9.93. The molecule has 0 saturated heterocycles. The van der Waals surface area contributed by atoms with Crippen molar-refractivity contribution in [2.24, 2.45) is 11.8 Å². The summed E-state index contributed by atoms with van der Waals surface area (Å²) in [5.74, 6) is 6.26. The van der Waals surface area contributed by atoms with Gasteiger partial charge >= 0.3 is 5.69 Å². The second kappa shape index (κ2) is 5.58. The van der Waals surface area contributed by atoms with E-state index in [-0.39, 0.29) is 17.3 Å². The molecule has 0 radical (unpaired) electrons. The van der Waals surface area contributed by atoms with Crippen LogP contribution in [0.1, 0.15) is 25.7 Å². The zero-order chi connectivity index (χ0) is 13.0. The number of nitro groups is 1. The molecule has 8 heteroatoms. The molecule has 4 N–H and O–H groups in total. The highest BCUT2D eigenvalue weighted by Crippen LogP contribution is 2.33. The van der Waals surface area contributed by atoms with E-state index in [9.17, 15) is 10.1 Å². The van der Waals surface area contributed by atoms with Crippen molar-refractivity contribution in [3.8, 4) is 0 Å². The predicted octanol–water partition coefficient (Wildman–Crippen LogP) is 1.27. The number of nitrogen functional groups attached to an aromatic ring is 1. The second-order valence-electron chi connectivity index (χ2n) is 4.33. The lowest BCUT2D eigenvalue weighted by atomic mass is 10.2. The Morgan fingerprint density at radius 2 is 2.17 bits per heavy atom. The van der Waals surface area contributed by atoms with E-state index in [4.69, 9.17) is 5.84 Å². The summed E-state index contributed by atoms with van der Waals surface area (Å²) in [5, 5.41) is 13.9. The van der Waals surface area contributed by atoms with E-state index in [1.165, 1.54) is 19.2 Å². The van der Waals surface area contributed by atoms with E-state index < -0.39 is 4.92 Å². The number of rotatable bonds is 7. The number of anilines is 2. The topological polar surface area (TPSA) is 119 Å². The number of aromatic nitrogens is 2. The molecule has 1 saturated carbocycles. The zero-order valence-corrected chi connectivity index (χ0v) is 9.93. The Bertz CT molecular complexity index is 434. The summed E-state index contributed by atoms with van der Waals surface area (Å²) >= 11 is 0. The first-order valence-electron chi connectivity index (χ1n) is 5.92. The first-order valence-corrected chi connectivity index (χ1v) is 5.92. The van der Waals surface area contributed by atoms with Gasteiger partial charge in [-0.1, -0.05) is 12.8 Å². The van der Waals surface area contributed by atoms with E-state index in [2.05, 4.69) is 20.7 Å². The van der Waals surface area contributed by atoms with Crippen LogP contribution in [0.2, 0.25) is 0 Å². The number of nitrogens with two attached hydrogens (primary N) is 1. The Labute approximate surface area is 104 Å². The van der Waals surface area contributed by atoms with Crippen LogP contribution in [0.4, 0.5) is 17.3 Å². The predicted molar refractivity (Wildman–Crippen MR) is 66.9 cm³/mol. The lowest BCUT2D eigenvalue weighted by molar-refractivity contribution is -0.383. The Morgan fingerprint density at radius 1 is 1.44 bits per heavy atom. The summed E-state index contributed by atoms with van der Waals surface area (Å²) < 4.78 is 0. The smallest absolute Gasteiger partial charge is 0.354 e. The van der Waals surface area contributed by atoms with Crippen LogP contribution >= 0.6 is 0 Å². The van der Waals surface area contributed by atoms with Gasteiger partial charge in [0.25, 0.3) is 0 Å². The second-order valence-corrected chi connectivity index (χ2v) is 4.33. The molecule has 1 heterocycles. The Hall–Kier alpha value is -1.96. The molecular formula is C10H16N6O2. The van der Waals surface area contributed by atoms with Gasteiger partial charge in [-0.3, -0.25) is 10.1 Å². The summed E-state index contributed by atoms with van der Waals surface area (Å²) in [6, 6.07) is 0. The van der Waals surface area contributed by atoms with Gasteiger partial charge in [-0.15, -0.1) is 0 Å². The fourth-order valence-electron chi connectivity index (χ4n) is 1.79. The molecule has 2 rings (SSSR count). The van der Waals surface area contributed by atoms with Crippen molar-refractivity contribution in [1.82, 2.24) is 9.97 Å². The molecule has 0 bridgehead atoms. The van der Waals surface area contributed by atoms with Crippen LogP contribution in [0.3, 0.4) is 0 Å². The first kappa shape index (κ1) is 12.5. The number of hydrogen-bond donors (Lipinski definition) is 3. The number of hydrogen-bond acceptors (Lipinski definition) is 7. The number of nitrogens with one attached hydrogen (secondary N) is 2. The van der Waals surface area contributed by atoms with E-state index in [1.54, 1.807) is 0 Å². The Morgan fingerprint density at radius 3 is 2.78 bits per heavy atom. The van der Waals surface area contributed by atoms with Crippen molar-refractivity contribution in [1.29, 1.82) is 0 Å². The Balaban J connectivity index is 1.98. The first-order chi connectivity index (χ1) is 8.72. The van der Waals surface area contributed by atoms with Gasteiger partial charge in [0.1, 0.15) is 6.33 Å². The average molecular weight is 252 g/mol. The summed E-state index contributed by atoms with van der Waals surface area (Å²) in [6.07, 6.45) is 6.01. The fraction of sp³-hybridized carbons (Fsp3) is 0.600. The van der Waals surface area contributed by atoms with Crippen molar-refractivity contribution in [2.75, 3.05) is 17.3 Å². The van der Waals surface area contributed by atoms with Gasteiger partial charge in [-0.2, -0.15) is 0 Å². The van der Waals surface area contributed by atoms with Crippen molar-refractivity contribution in [3.63, 3.8) is 0 Å². The molecule has 1 fully saturated rings. The molecule has 1 aliphatic carbocycles. The minimum absolute atomic E-state index is 0.0136. The molecule has 0 aromatic carbocycles. The minimum Gasteiger partial charge on any atom is -0.364 e. The van der Waals surface area contributed by atoms with Gasteiger partial charge < -0.3 is 10.7 Å². The molecule has 0 spiro atoms. The Kier molecular flexibility index (Phi) is 3.88. The van der Waals surface area contributed by atoms with Crippen molar-refractivity contribution >= 4 is 17.3 Å². The average Bonchev–Trinajstić information content (AvgIpc) is 3.18. The van der Waals surface area contributed by atoms with Crippen LogP contribution in [0, 0.1) is 16.0 Å². The van der Waals surface area contributed by atoms with Gasteiger partial charge in [0.15, 0.2) is 0 Å². The molecule has 0 atom stereocenters. The summed E-state index contributed by atoms with van der Waals surface area (Å²) in [6.45, 7) is 0.665. The molecule has 0 aliphatic heterocycles. The van der Waals surface area contributed by atoms with Gasteiger partial charge in [-0.05, 0) is 18.8 Å². The summed E-state index contributed by atoms with van der Waals surface area (Å²) in [4.78, 5) is 18.0. The van der Waals surface area contributed by atoms with Gasteiger partial charge in [0.05, 0.1) is 4.92 Å². The third kappa shape index (κ3) is 3.04. The SMILES string of the molecule is NNc1ncnc(NCCCC2CC2)c1[N+](=O)[O-]. The molecule has 8 nitrogen and oxygen atoms in total. The van der Waals surface area contributed by atoms with Crippen molar-refractivity contribution in [2.45, 2.75) is 25.7 Å². The highest BCUT2D eigenvalue weighted by atomic mass is 16.6. The van der Waals surface area contributed by atoms with E-state index in [1.807, 2.05) is 0 Å². The molecular weight excluding hydrogens is 236 g/mol. The standard InChI is InChI=1S/C10H16N6O2/c11-15-10-8(16(17)18)9(13-6-14-10)12-5-1-2-7-3-4-7/h6-7H,1-5,11H2,(H2,12,13,14,15). The molecule has 1 aliphatic rings. The quantitative estimate of drug-likeness (QED) is 0.289. The van der Waals surface area contributed by atoms with E-state index in [0.717, 1.165) is 18.8 Å². The third-order valence-electron chi connectivity index (χ3n) is 2.92. The normalized spacial score (nSPS) is 14.3. The molecule has 1 aromatic rings. The van der Waals surface area contributed by atoms with E-state index in [0.29, 0.717) is 6.54 Å². The molecule has 98 valence electrons. The van der Waals surface area contributed by atoms with E-state index >= 15 is 0 Å². The van der Waals surface area contributed by atoms with Crippen LogP contribution in [0.5, 0.6) is 0 Å². The third-order valence-corrected chi connectivity index (χ3v) is 2.92. The monoisotopic (exact) mass is 252 g/mol. The highest BCUT2D eigenvalue weighted by molar-refractivity contribution is 5.68. The maximum Gasteiger partial charge on any atom is 0.354 e. The fourth-order valence-corrected chi connectivity index (χ4v) is 1.79. The molecule has 0 unspecified atom stereocenters. The lowest BCUT2D eigenvalue weighted by Gasteiger charge is -2.07. The van der Waals surface area contributed by atoms with Gasteiger partial charge in [-0.25, -0.2) is 15.8 Å². The molecule has 1 aromatic heterocycles. The maximum absolute atomic E-state index is 10.9. The van der Waals surface area contributed by atoms with Crippen LogP contribution in [0.25, 0.3) is 0 Å². The van der Waals surface area contributed by atoms with Crippen molar-refractivity contribution in [3.05, 3.63) is 16.4 Å². The lowest BCUT2D eigenvalue weighted by Crippen LogP contribution is -2.14. The summed E-state index contributed by atoms with van der Waals surface area (Å²) in [7, 11) is 0. The largest absolute Gasteiger partial charge is 0.364 e. The van der Waals surface area contributed by atoms with Crippen LogP contribution in [0.15, 0.2) is 6.33 Å². The van der Waals surface area contributed by atoms with Crippen molar-refractivity contribution < 1.29 is 4.92 Å². The maximum atomic E-state index is 10.9. The highest BCUT2D eigenvalue weighted by Gasteiger charge is 2.23. The van der Waals surface area contributed by atoms with Gasteiger partial charge in [0.2, 0.25) is 11.6 Å².